The molecule has 0 amide bonds. The summed E-state index contributed by atoms with van der Waals surface area (Å²) in [7, 11) is 1.38. The zero-order chi connectivity index (χ0) is 8.10. The summed E-state index contributed by atoms with van der Waals surface area (Å²) in [6.45, 7) is 1.97. The molecule has 1 aliphatic heterocycles. The summed E-state index contributed by atoms with van der Waals surface area (Å²) in [6.07, 6.45) is 0.952. The number of ether oxygens (including phenoxy) is 2. The Kier molecular flexibility index (Phi) is 3.32. The van der Waals surface area contributed by atoms with Gasteiger partial charge in [-0.05, 0) is 13.0 Å². The number of esters is 1. The quantitative estimate of drug-likeness (QED) is 0.526. The van der Waals surface area contributed by atoms with Crippen LogP contribution < -0.4 is 5.32 Å². The Labute approximate surface area is 65.9 Å². The van der Waals surface area contributed by atoms with Gasteiger partial charge in [0.15, 0.2) is 0 Å². The molecular formula is C7H13NO3. The third-order valence-electron chi connectivity index (χ3n) is 1.63. The molecular weight excluding hydrogens is 146 g/mol. The maximum absolute atomic E-state index is 11.0. The number of carbonyl (C=O) groups is 1. The Morgan fingerprint density at radius 1 is 1.73 bits per heavy atom. The van der Waals surface area contributed by atoms with Crippen molar-refractivity contribution < 1.29 is 14.3 Å². The van der Waals surface area contributed by atoms with Crippen molar-refractivity contribution in [2.75, 3.05) is 26.9 Å². The lowest BCUT2D eigenvalue weighted by atomic mass is 10.3. The summed E-state index contributed by atoms with van der Waals surface area (Å²) in [6, 6.07) is -0.275. The molecule has 1 N–H and O–H groups in total. The van der Waals surface area contributed by atoms with Crippen LogP contribution in [0.4, 0.5) is 0 Å². The number of nitrogens with one attached hydrogen (secondary N) is 1. The first-order valence-corrected chi connectivity index (χ1v) is 3.73. The van der Waals surface area contributed by atoms with Crippen molar-refractivity contribution in [2.24, 2.45) is 0 Å². The number of hydrogen-bond donors (Lipinski definition) is 1. The smallest absolute Gasteiger partial charge is 0.325 e. The number of hydrogen-bond acceptors (Lipinski definition) is 4. The van der Waals surface area contributed by atoms with Gasteiger partial charge in [-0.25, -0.2) is 0 Å². The van der Waals surface area contributed by atoms with Gasteiger partial charge in [0.25, 0.3) is 0 Å². The minimum Gasteiger partial charge on any atom is -0.468 e. The molecule has 0 spiro atoms. The van der Waals surface area contributed by atoms with Gasteiger partial charge >= 0.3 is 5.97 Å². The molecule has 1 rings (SSSR count). The molecule has 0 saturated carbocycles. The summed E-state index contributed by atoms with van der Waals surface area (Å²) in [5, 5.41) is 3.03. The average molecular weight is 159 g/mol. The molecule has 0 radical (unpaired) electrons. The SMILES string of the molecule is COC(=O)[C@H]1COCCCN1. The van der Waals surface area contributed by atoms with Crippen LogP contribution in [0, 0.1) is 0 Å². The Morgan fingerprint density at radius 2 is 2.55 bits per heavy atom. The van der Waals surface area contributed by atoms with Crippen LogP contribution in [0.25, 0.3) is 0 Å². The second-order valence-electron chi connectivity index (χ2n) is 2.46. The van der Waals surface area contributed by atoms with E-state index >= 15 is 0 Å². The monoisotopic (exact) mass is 159 g/mol. The van der Waals surface area contributed by atoms with E-state index in [2.05, 4.69) is 10.1 Å². The van der Waals surface area contributed by atoms with Gasteiger partial charge in [0, 0.05) is 6.61 Å². The van der Waals surface area contributed by atoms with Crippen LogP contribution in [0.15, 0.2) is 0 Å². The molecule has 11 heavy (non-hydrogen) atoms. The van der Waals surface area contributed by atoms with Crippen molar-refractivity contribution in [3.05, 3.63) is 0 Å². The summed E-state index contributed by atoms with van der Waals surface area (Å²) in [5.41, 5.74) is 0. The Morgan fingerprint density at radius 3 is 3.27 bits per heavy atom. The van der Waals surface area contributed by atoms with Crippen molar-refractivity contribution in [3.8, 4) is 0 Å². The van der Waals surface area contributed by atoms with Crippen molar-refractivity contribution >= 4 is 5.97 Å². The van der Waals surface area contributed by atoms with Gasteiger partial charge in [-0.1, -0.05) is 0 Å². The molecule has 1 atom stereocenters. The zero-order valence-corrected chi connectivity index (χ0v) is 6.63. The first kappa shape index (κ1) is 8.49. The van der Waals surface area contributed by atoms with Gasteiger partial charge in [0.1, 0.15) is 6.04 Å². The highest BCUT2D eigenvalue weighted by atomic mass is 16.5. The van der Waals surface area contributed by atoms with Crippen LogP contribution >= 0.6 is 0 Å². The van der Waals surface area contributed by atoms with E-state index < -0.39 is 0 Å². The predicted octanol–water partition coefficient (Wildman–Crippen LogP) is -0.462. The van der Waals surface area contributed by atoms with E-state index in [4.69, 9.17) is 4.74 Å². The van der Waals surface area contributed by atoms with Crippen molar-refractivity contribution in [1.82, 2.24) is 5.32 Å². The maximum atomic E-state index is 11.0. The molecule has 1 aliphatic rings. The fraction of sp³-hybridized carbons (Fsp3) is 0.857. The molecule has 1 fully saturated rings. The Bertz CT molecular complexity index is 130. The molecule has 0 aromatic rings. The van der Waals surface area contributed by atoms with E-state index in [0.717, 1.165) is 19.6 Å². The number of rotatable bonds is 1. The Hall–Kier alpha value is -0.610. The molecule has 1 heterocycles. The summed E-state index contributed by atoms with van der Waals surface area (Å²) >= 11 is 0. The normalized spacial score (nSPS) is 25.7. The van der Waals surface area contributed by atoms with Crippen LogP contribution in [-0.4, -0.2) is 38.9 Å². The minimum absolute atomic E-state index is 0.244. The minimum atomic E-state index is -0.275. The number of carbonyl (C=O) groups excluding carboxylic acids is 1. The van der Waals surface area contributed by atoms with E-state index in [1.807, 2.05) is 0 Å². The van der Waals surface area contributed by atoms with Gasteiger partial charge in [0.2, 0.25) is 0 Å². The molecule has 0 unspecified atom stereocenters. The van der Waals surface area contributed by atoms with Gasteiger partial charge < -0.3 is 14.8 Å². The maximum Gasteiger partial charge on any atom is 0.325 e. The highest BCUT2D eigenvalue weighted by Gasteiger charge is 2.19. The molecule has 0 bridgehead atoms. The largest absolute Gasteiger partial charge is 0.468 e. The molecule has 0 aliphatic carbocycles. The Balaban J connectivity index is 2.36. The topological polar surface area (TPSA) is 47.6 Å². The van der Waals surface area contributed by atoms with Crippen LogP contribution in [0.1, 0.15) is 6.42 Å². The van der Waals surface area contributed by atoms with E-state index in [1.165, 1.54) is 7.11 Å². The van der Waals surface area contributed by atoms with E-state index in [1.54, 1.807) is 0 Å². The molecule has 0 aromatic carbocycles. The molecule has 4 nitrogen and oxygen atoms in total. The summed E-state index contributed by atoms with van der Waals surface area (Å²) in [4.78, 5) is 11.0. The predicted molar refractivity (Wildman–Crippen MR) is 39.2 cm³/mol. The fourth-order valence-electron chi connectivity index (χ4n) is 1.00. The molecule has 1 saturated heterocycles. The van der Waals surface area contributed by atoms with Gasteiger partial charge in [-0.3, -0.25) is 4.79 Å². The third kappa shape index (κ3) is 2.48. The molecule has 64 valence electrons. The van der Waals surface area contributed by atoms with E-state index in [0.29, 0.717) is 6.61 Å². The standard InChI is InChI=1S/C7H13NO3/c1-10-7(9)6-5-11-4-2-3-8-6/h6,8H,2-5H2,1H3/t6-/m1/s1. The van der Waals surface area contributed by atoms with Crippen LogP contribution in [0.2, 0.25) is 0 Å². The average Bonchev–Trinajstić information content (AvgIpc) is 2.30. The van der Waals surface area contributed by atoms with Gasteiger partial charge in [-0.15, -0.1) is 0 Å². The van der Waals surface area contributed by atoms with Crippen LogP contribution in [0.5, 0.6) is 0 Å². The van der Waals surface area contributed by atoms with E-state index in [-0.39, 0.29) is 12.0 Å². The lowest BCUT2D eigenvalue weighted by Gasteiger charge is -2.11. The first-order valence-electron chi connectivity index (χ1n) is 3.73. The van der Waals surface area contributed by atoms with Crippen molar-refractivity contribution in [2.45, 2.75) is 12.5 Å². The van der Waals surface area contributed by atoms with Gasteiger partial charge in [0.05, 0.1) is 13.7 Å². The molecule has 4 heteroatoms. The van der Waals surface area contributed by atoms with Crippen LogP contribution in [-0.2, 0) is 14.3 Å². The van der Waals surface area contributed by atoms with Crippen molar-refractivity contribution in [1.29, 1.82) is 0 Å². The lowest BCUT2D eigenvalue weighted by molar-refractivity contribution is -0.144. The molecule has 0 aromatic heterocycles. The number of methoxy groups -OCH3 is 1. The first-order chi connectivity index (χ1) is 5.34. The summed E-state index contributed by atoms with van der Waals surface area (Å²) in [5.74, 6) is -0.244. The second kappa shape index (κ2) is 4.31. The van der Waals surface area contributed by atoms with Crippen LogP contribution in [0.3, 0.4) is 0 Å². The highest BCUT2D eigenvalue weighted by Crippen LogP contribution is 1.96. The third-order valence-corrected chi connectivity index (χ3v) is 1.63. The zero-order valence-electron chi connectivity index (χ0n) is 6.63. The van der Waals surface area contributed by atoms with E-state index in [9.17, 15) is 4.79 Å². The van der Waals surface area contributed by atoms with Gasteiger partial charge in [-0.2, -0.15) is 0 Å². The lowest BCUT2D eigenvalue weighted by Crippen LogP contribution is -2.39. The van der Waals surface area contributed by atoms with Crippen molar-refractivity contribution in [3.63, 3.8) is 0 Å². The summed E-state index contributed by atoms with van der Waals surface area (Å²) < 4.78 is 9.73. The second-order valence-corrected chi connectivity index (χ2v) is 2.46. The highest BCUT2D eigenvalue weighted by molar-refractivity contribution is 5.75. The fourth-order valence-corrected chi connectivity index (χ4v) is 1.00.